The van der Waals surface area contributed by atoms with E-state index < -0.39 is 5.97 Å². The number of methoxy groups -OCH3 is 1. The van der Waals surface area contributed by atoms with E-state index in [2.05, 4.69) is 24.3 Å². The van der Waals surface area contributed by atoms with Crippen LogP contribution in [0.1, 0.15) is 58.6 Å². The largest absolute Gasteiger partial charge is 0.506 e. The van der Waals surface area contributed by atoms with E-state index in [9.17, 15) is 20.3 Å². The van der Waals surface area contributed by atoms with Crippen molar-refractivity contribution in [1.29, 1.82) is 5.26 Å². The SMILES string of the molecule is COC(C)CCOC(=O)C(C#N)=C1Sc2c(O)c3c(c(O)c2S1)C1c2ccccc2C12c1ccccc1C32. The Hall–Kier alpha value is -3.38. The van der Waals surface area contributed by atoms with Crippen LogP contribution in [-0.2, 0) is 19.7 Å². The summed E-state index contributed by atoms with van der Waals surface area (Å²) >= 11 is 2.29. The molecule has 3 aromatic carbocycles. The van der Waals surface area contributed by atoms with Crippen LogP contribution in [0, 0.1) is 11.3 Å². The number of ether oxygens (including phenoxy) is 2. The van der Waals surface area contributed by atoms with Gasteiger partial charge in [0.15, 0.2) is 5.57 Å². The van der Waals surface area contributed by atoms with Crippen molar-refractivity contribution >= 4 is 29.5 Å². The van der Waals surface area contributed by atoms with Crippen molar-refractivity contribution in [1.82, 2.24) is 0 Å². The standard InChI is InChI=1S/C30H23NO5S2/c1-14(35-2)11-12-36-28(34)17(13-31)29-37-26-24(32)20-21(25(33)27(26)38-29)23-16-8-4-6-10-19(16)30(23)18-9-5-3-7-15(18)22(20)30/h3-10,14,22-23,32-33H,11-12H2,1-2H3. The molecule has 3 atom stereocenters. The second-order valence-corrected chi connectivity index (χ2v) is 12.3. The summed E-state index contributed by atoms with van der Waals surface area (Å²) in [5.74, 6) is -0.596. The van der Waals surface area contributed by atoms with Crippen LogP contribution in [0.25, 0.3) is 0 Å². The van der Waals surface area contributed by atoms with E-state index in [1.165, 1.54) is 22.3 Å². The molecule has 38 heavy (non-hydrogen) atoms. The zero-order chi connectivity index (χ0) is 26.3. The maximum atomic E-state index is 12.7. The summed E-state index contributed by atoms with van der Waals surface area (Å²) in [7, 11) is 1.59. The lowest BCUT2D eigenvalue weighted by Crippen LogP contribution is -2.52. The van der Waals surface area contributed by atoms with E-state index in [1.807, 2.05) is 37.3 Å². The van der Waals surface area contributed by atoms with Crippen molar-refractivity contribution in [2.24, 2.45) is 0 Å². The van der Waals surface area contributed by atoms with Crippen molar-refractivity contribution in [2.75, 3.05) is 13.7 Å². The first-order valence-electron chi connectivity index (χ1n) is 12.5. The second kappa shape index (κ2) is 8.31. The van der Waals surface area contributed by atoms with E-state index >= 15 is 0 Å². The average molecular weight is 542 g/mol. The number of carbonyl (C=O) groups is 1. The third kappa shape index (κ3) is 2.76. The Morgan fingerprint density at radius 1 is 1.00 bits per heavy atom. The molecule has 0 radical (unpaired) electrons. The fourth-order valence-electron chi connectivity index (χ4n) is 6.77. The number of fused-ring (bicyclic) bond motifs is 8. The molecule has 0 saturated carbocycles. The molecule has 0 fully saturated rings. The predicted octanol–water partition coefficient (Wildman–Crippen LogP) is 5.89. The molecule has 190 valence electrons. The number of benzene rings is 3. The summed E-state index contributed by atoms with van der Waals surface area (Å²) in [6.07, 6.45) is 0.440. The van der Waals surface area contributed by atoms with Crippen molar-refractivity contribution in [3.05, 3.63) is 91.7 Å². The molecule has 1 heterocycles. The molecule has 0 saturated heterocycles. The van der Waals surface area contributed by atoms with E-state index in [0.29, 0.717) is 20.4 Å². The lowest BCUT2D eigenvalue weighted by atomic mass is 9.43. The molecule has 3 aromatic rings. The molecule has 1 spiro atoms. The predicted molar refractivity (Wildman–Crippen MR) is 144 cm³/mol. The van der Waals surface area contributed by atoms with E-state index in [1.54, 1.807) is 7.11 Å². The fourth-order valence-corrected chi connectivity index (χ4v) is 9.31. The van der Waals surface area contributed by atoms with Crippen molar-refractivity contribution in [3.63, 3.8) is 0 Å². The highest BCUT2D eigenvalue weighted by molar-refractivity contribution is 8.24. The first kappa shape index (κ1) is 23.7. The summed E-state index contributed by atoms with van der Waals surface area (Å²) < 4.78 is 10.9. The summed E-state index contributed by atoms with van der Waals surface area (Å²) in [5, 5.41) is 33.2. The van der Waals surface area contributed by atoms with E-state index in [0.717, 1.165) is 34.7 Å². The van der Waals surface area contributed by atoms with Crippen molar-refractivity contribution in [3.8, 4) is 17.6 Å². The van der Waals surface area contributed by atoms with Gasteiger partial charge in [-0.1, -0.05) is 72.1 Å². The Kier molecular flexibility index (Phi) is 5.19. The summed E-state index contributed by atoms with van der Waals surface area (Å²) in [5.41, 5.74) is 5.93. The van der Waals surface area contributed by atoms with Gasteiger partial charge in [0.25, 0.3) is 0 Å². The van der Waals surface area contributed by atoms with Gasteiger partial charge in [0.2, 0.25) is 0 Å². The van der Waals surface area contributed by atoms with Crippen LogP contribution in [0.2, 0.25) is 0 Å². The monoisotopic (exact) mass is 541 g/mol. The third-order valence-electron chi connectivity index (χ3n) is 8.43. The number of thioether (sulfide) groups is 2. The zero-order valence-corrected chi connectivity index (χ0v) is 22.3. The van der Waals surface area contributed by atoms with Gasteiger partial charge in [-0.3, -0.25) is 0 Å². The molecule has 1 aliphatic heterocycles. The van der Waals surface area contributed by atoms with Crippen LogP contribution in [0.15, 0.2) is 68.1 Å². The van der Waals surface area contributed by atoms with Gasteiger partial charge in [-0.25, -0.2) is 4.79 Å². The van der Waals surface area contributed by atoms with Crippen LogP contribution >= 0.6 is 23.5 Å². The number of nitrogens with zero attached hydrogens (tertiary/aromatic N) is 1. The van der Waals surface area contributed by atoms with Crippen LogP contribution in [0.3, 0.4) is 0 Å². The van der Waals surface area contributed by atoms with Crippen molar-refractivity contribution in [2.45, 2.75) is 46.5 Å². The van der Waals surface area contributed by atoms with Crippen LogP contribution in [-0.4, -0.2) is 36.0 Å². The van der Waals surface area contributed by atoms with Gasteiger partial charge in [-0.15, -0.1) is 0 Å². The number of phenolic OH excluding ortho intramolecular Hbond substituents is 2. The number of phenols is 2. The van der Waals surface area contributed by atoms with Crippen LogP contribution < -0.4 is 0 Å². The molecule has 8 heteroatoms. The van der Waals surface area contributed by atoms with E-state index in [4.69, 9.17) is 9.47 Å². The fraction of sp³-hybridized carbons (Fsp3) is 0.267. The lowest BCUT2D eigenvalue weighted by molar-refractivity contribution is -0.139. The molecule has 0 aromatic heterocycles. The van der Waals surface area contributed by atoms with Crippen molar-refractivity contribution < 1.29 is 24.5 Å². The molecule has 0 amide bonds. The molecular formula is C30H23NO5S2. The van der Waals surface area contributed by atoms with Gasteiger partial charge in [-0.05, 0) is 29.2 Å². The first-order chi connectivity index (χ1) is 18.4. The van der Waals surface area contributed by atoms with Gasteiger partial charge in [-0.2, -0.15) is 5.26 Å². The van der Waals surface area contributed by atoms with Gasteiger partial charge in [0.1, 0.15) is 17.6 Å². The maximum Gasteiger partial charge on any atom is 0.350 e. The van der Waals surface area contributed by atoms with Gasteiger partial charge in [0.05, 0.1) is 26.7 Å². The Labute approximate surface area is 228 Å². The number of carbonyl (C=O) groups excluding carboxylic acids is 1. The Morgan fingerprint density at radius 3 is 2.03 bits per heavy atom. The zero-order valence-electron chi connectivity index (χ0n) is 20.6. The number of rotatable bonds is 5. The number of hydrogen-bond acceptors (Lipinski definition) is 8. The molecule has 3 aliphatic carbocycles. The third-order valence-corrected chi connectivity index (χ3v) is 11.0. The Bertz CT molecular complexity index is 1540. The van der Waals surface area contributed by atoms with Gasteiger partial charge >= 0.3 is 5.97 Å². The maximum absolute atomic E-state index is 12.7. The molecule has 0 bridgehead atoms. The highest BCUT2D eigenvalue weighted by Gasteiger charge is 2.71. The summed E-state index contributed by atoms with van der Waals surface area (Å²) in [6.45, 7) is 2.00. The Morgan fingerprint density at radius 2 is 1.53 bits per heavy atom. The summed E-state index contributed by atoms with van der Waals surface area (Å²) in [4.78, 5) is 13.7. The topological polar surface area (TPSA) is 99.8 Å². The second-order valence-electron chi connectivity index (χ2n) is 10.0. The quantitative estimate of drug-likeness (QED) is 0.179. The minimum atomic E-state index is -0.718. The lowest BCUT2D eigenvalue weighted by Gasteiger charge is -2.58. The number of hydrogen-bond donors (Lipinski definition) is 2. The number of esters is 1. The van der Waals surface area contributed by atoms with Gasteiger partial charge in [0, 0.05) is 41.9 Å². The molecule has 7 rings (SSSR count). The highest BCUT2D eigenvalue weighted by atomic mass is 32.2. The first-order valence-corrected chi connectivity index (χ1v) is 14.1. The number of aromatic hydroxyl groups is 2. The summed E-state index contributed by atoms with van der Waals surface area (Å²) in [6, 6.07) is 18.6. The molecular weight excluding hydrogens is 518 g/mol. The normalized spacial score (nSPS) is 23.3. The number of nitriles is 1. The van der Waals surface area contributed by atoms with Crippen LogP contribution in [0.4, 0.5) is 0 Å². The van der Waals surface area contributed by atoms with Crippen LogP contribution in [0.5, 0.6) is 11.5 Å². The minimum Gasteiger partial charge on any atom is -0.506 e. The van der Waals surface area contributed by atoms with Gasteiger partial charge < -0.3 is 19.7 Å². The molecule has 3 unspecified atom stereocenters. The molecule has 4 aliphatic rings. The van der Waals surface area contributed by atoms with E-state index in [-0.39, 0.29) is 47.0 Å². The smallest absolute Gasteiger partial charge is 0.350 e. The average Bonchev–Trinajstić information content (AvgIpc) is 3.44. The minimum absolute atomic E-state index is 0.0633. The Balaban J connectivity index is 1.32. The molecule has 6 nitrogen and oxygen atoms in total. The highest BCUT2D eigenvalue weighted by Crippen LogP contribution is 2.80. The molecule has 2 N–H and O–H groups in total.